The molecule has 7 heteroatoms. The fourth-order valence-corrected chi connectivity index (χ4v) is 1.86. The van der Waals surface area contributed by atoms with Gasteiger partial charge in [-0.15, -0.1) is 0 Å². The minimum atomic E-state index is -0.625. The van der Waals surface area contributed by atoms with Crippen molar-refractivity contribution < 1.29 is 9.84 Å². The van der Waals surface area contributed by atoms with Gasteiger partial charge in [0, 0.05) is 20.2 Å². The highest BCUT2D eigenvalue weighted by atomic mass is 127. The zero-order chi connectivity index (χ0) is 13.5. The number of hydrogen-bond acceptors (Lipinski definition) is 5. The fraction of sp³-hybridized carbons (Fsp3) is 0.636. The number of rotatable bonds is 7. The molecule has 1 aromatic rings. The molecule has 0 aromatic carbocycles. The van der Waals surface area contributed by atoms with Crippen LogP contribution in [0.1, 0.15) is 5.69 Å². The minimum absolute atomic E-state index is 0.112. The molecule has 1 atom stereocenters. The van der Waals surface area contributed by atoms with Gasteiger partial charge < -0.3 is 15.2 Å². The maximum atomic E-state index is 11.9. The van der Waals surface area contributed by atoms with Gasteiger partial charge in [0.2, 0.25) is 0 Å². The molecule has 6 nitrogen and oxygen atoms in total. The lowest BCUT2D eigenvalue weighted by Gasteiger charge is -2.13. The number of aromatic nitrogens is 2. The second-order valence-corrected chi connectivity index (χ2v) is 5.03. The second kappa shape index (κ2) is 7.82. The van der Waals surface area contributed by atoms with Crippen LogP contribution in [-0.2, 0) is 11.3 Å². The van der Waals surface area contributed by atoms with Crippen molar-refractivity contribution in [2.75, 3.05) is 26.8 Å². The van der Waals surface area contributed by atoms with Gasteiger partial charge in [0.05, 0.1) is 34.8 Å². The number of nitrogens with zero attached hydrogens (tertiary/aromatic N) is 2. The summed E-state index contributed by atoms with van der Waals surface area (Å²) >= 11 is 1.97. The van der Waals surface area contributed by atoms with E-state index < -0.39 is 6.10 Å². The van der Waals surface area contributed by atoms with Crippen LogP contribution in [0.4, 0.5) is 0 Å². The van der Waals surface area contributed by atoms with E-state index in [9.17, 15) is 9.90 Å². The number of ether oxygens (including phenoxy) is 1. The number of halogens is 1. The first-order valence-corrected chi connectivity index (χ1v) is 6.73. The zero-order valence-corrected chi connectivity index (χ0v) is 12.7. The standard InChI is InChI=1S/C11H18IN3O3/c1-8-10(12)11(17)15(7-14-8)6-9(16)5-13-3-4-18-2/h7,9,13,16H,3-6H2,1-2H3. The highest BCUT2D eigenvalue weighted by Gasteiger charge is 2.09. The second-order valence-electron chi connectivity index (χ2n) is 3.95. The molecule has 18 heavy (non-hydrogen) atoms. The molecular weight excluding hydrogens is 349 g/mol. The minimum Gasteiger partial charge on any atom is -0.390 e. The average molecular weight is 367 g/mol. The topological polar surface area (TPSA) is 76.4 Å². The van der Waals surface area contributed by atoms with Gasteiger partial charge in [0.1, 0.15) is 0 Å². The van der Waals surface area contributed by atoms with Crippen molar-refractivity contribution in [1.82, 2.24) is 14.9 Å². The smallest absolute Gasteiger partial charge is 0.267 e. The van der Waals surface area contributed by atoms with Crippen LogP contribution in [0.2, 0.25) is 0 Å². The molecule has 1 rings (SSSR count). The molecule has 1 heterocycles. The number of methoxy groups -OCH3 is 1. The molecule has 1 unspecified atom stereocenters. The molecule has 0 aliphatic heterocycles. The Hall–Kier alpha value is -0.510. The van der Waals surface area contributed by atoms with E-state index in [1.165, 1.54) is 10.9 Å². The van der Waals surface area contributed by atoms with Gasteiger partial charge in [-0.3, -0.25) is 9.36 Å². The average Bonchev–Trinajstić information content (AvgIpc) is 2.35. The van der Waals surface area contributed by atoms with E-state index in [1.54, 1.807) is 14.0 Å². The molecule has 0 saturated carbocycles. The van der Waals surface area contributed by atoms with E-state index in [0.29, 0.717) is 29.0 Å². The van der Waals surface area contributed by atoms with Crippen LogP contribution in [-0.4, -0.2) is 47.6 Å². The quantitative estimate of drug-likeness (QED) is 0.514. The van der Waals surface area contributed by atoms with Crippen molar-refractivity contribution in [3.63, 3.8) is 0 Å². The lowest BCUT2D eigenvalue weighted by atomic mass is 10.3. The Morgan fingerprint density at radius 1 is 1.67 bits per heavy atom. The van der Waals surface area contributed by atoms with Crippen LogP contribution >= 0.6 is 22.6 Å². The van der Waals surface area contributed by atoms with Crippen LogP contribution in [0.15, 0.2) is 11.1 Å². The number of nitrogens with one attached hydrogen (secondary N) is 1. The van der Waals surface area contributed by atoms with Crippen molar-refractivity contribution in [2.24, 2.45) is 0 Å². The number of hydrogen-bond donors (Lipinski definition) is 2. The van der Waals surface area contributed by atoms with Crippen LogP contribution in [0.5, 0.6) is 0 Å². The normalized spacial score (nSPS) is 12.7. The maximum absolute atomic E-state index is 11.9. The van der Waals surface area contributed by atoms with Gasteiger partial charge in [-0.2, -0.15) is 0 Å². The van der Waals surface area contributed by atoms with Crippen LogP contribution in [0.3, 0.4) is 0 Å². The molecule has 0 fully saturated rings. The summed E-state index contributed by atoms with van der Waals surface area (Å²) in [5, 5.41) is 12.8. The Bertz CT molecular complexity index is 436. The number of aliphatic hydroxyl groups excluding tert-OH is 1. The van der Waals surface area contributed by atoms with Gasteiger partial charge in [0.15, 0.2) is 0 Å². The molecule has 0 amide bonds. The predicted octanol–water partition coefficient (Wildman–Crippen LogP) is -0.247. The summed E-state index contributed by atoms with van der Waals surface area (Å²) in [7, 11) is 1.62. The lowest BCUT2D eigenvalue weighted by Crippen LogP contribution is -2.36. The largest absolute Gasteiger partial charge is 0.390 e. The van der Waals surface area contributed by atoms with Crippen molar-refractivity contribution >= 4 is 22.6 Å². The van der Waals surface area contributed by atoms with Crippen molar-refractivity contribution in [2.45, 2.75) is 19.6 Å². The highest BCUT2D eigenvalue weighted by molar-refractivity contribution is 14.1. The molecule has 2 N–H and O–H groups in total. The van der Waals surface area contributed by atoms with E-state index in [4.69, 9.17) is 4.74 Å². The van der Waals surface area contributed by atoms with Crippen LogP contribution in [0, 0.1) is 10.5 Å². The molecule has 0 saturated heterocycles. The van der Waals surface area contributed by atoms with Gasteiger partial charge in [-0.05, 0) is 29.5 Å². The van der Waals surface area contributed by atoms with E-state index >= 15 is 0 Å². The summed E-state index contributed by atoms with van der Waals surface area (Å²) in [5.74, 6) is 0. The number of aliphatic hydroxyl groups is 1. The Morgan fingerprint density at radius 2 is 2.39 bits per heavy atom. The Morgan fingerprint density at radius 3 is 3.06 bits per heavy atom. The molecule has 0 bridgehead atoms. The summed E-state index contributed by atoms with van der Waals surface area (Å²) in [6, 6.07) is 0. The van der Waals surface area contributed by atoms with Gasteiger partial charge in [-0.25, -0.2) is 4.98 Å². The molecule has 0 aliphatic rings. The summed E-state index contributed by atoms with van der Waals surface area (Å²) < 4.78 is 6.90. The Kier molecular flexibility index (Phi) is 6.76. The lowest BCUT2D eigenvalue weighted by molar-refractivity contribution is 0.142. The predicted molar refractivity (Wildman–Crippen MR) is 76.7 cm³/mol. The maximum Gasteiger partial charge on any atom is 0.267 e. The van der Waals surface area contributed by atoms with Gasteiger partial charge >= 0.3 is 0 Å². The Balaban J connectivity index is 2.52. The van der Waals surface area contributed by atoms with E-state index in [2.05, 4.69) is 10.3 Å². The number of aryl methyl sites for hydroxylation is 1. The van der Waals surface area contributed by atoms with Gasteiger partial charge in [0.25, 0.3) is 5.56 Å². The third-order valence-corrected chi connectivity index (χ3v) is 3.67. The summed E-state index contributed by atoms with van der Waals surface area (Å²) in [6.07, 6.45) is 0.845. The van der Waals surface area contributed by atoms with Crippen molar-refractivity contribution in [3.05, 3.63) is 25.9 Å². The molecule has 0 radical (unpaired) electrons. The molecular formula is C11H18IN3O3. The third kappa shape index (κ3) is 4.63. The first-order valence-electron chi connectivity index (χ1n) is 5.65. The highest BCUT2D eigenvalue weighted by Crippen LogP contribution is 2.01. The molecule has 1 aromatic heterocycles. The summed E-state index contributed by atoms with van der Waals surface area (Å²) in [4.78, 5) is 16.0. The van der Waals surface area contributed by atoms with E-state index in [1.807, 2.05) is 22.6 Å². The molecule has 0 aliphatic carbocycles. The monoisotopic (exact) mass is 367 g/mol. The summed E-state index contributed by atoms with van der Waals surface area (Å²) in [6.45, 7) is 3.71. The molecule has 0 spiro atoms. The summed E-state index contributed by atoms with van der Waals surface area (Å²) in [5.41, 5.74) is 0.601. The van der Waals surface area contributed by atoms with E-state index in [0.717, 1.165) is 0 Å². The Labute approximate surface area is 120 Å². The van der Waals surface area contributed by atoms with Crippen molar-refractivity contribution in [1.29, 1.82) is 0 Å². The van der Waals surface area contributed by atoms with Crippen LogP contribution < -0.4 is 10.9 Å². The zero-order valence-electron chi connectivity index (χ0n) is 10.5. The van der Waals surface area contributed by atoms with Gasteiger partial charge in [-0.1, -0.05) is 0 Å². The third-order valence-electron chi connectivity index (χ3n) is 2.43. The van der Waals surface area contributed by atoms with Crippen molar-refractivity contribution in [3.8, 4) is 0 Å². The molecule has 102 valence electrons. The fourth-order valence-electron chi connectivity index (χ4n) is 1.41. The van der Waals surface area contributed by atoms with E-state index in [-0.39, 0.29) is 12.1 Å². The van der Waals surface area contributed by atoms with Crippen LogP contribution in [0.25, 0.3) is 0 Å². The first kappa shape index (κ1) is 15.5. The first-order chi connectivity index (χ1) is 8.56. The SMILES string of the molecule is COCCNCC(O)Cn1cnc(C)c(I)c1=O.